The summed E-state index contributed by atoms with van der Waals surface area (Å²) in [5.74, 6) is 0.586. The highest BCUT2D eigenvalue weighted by Gasteiger charge is 2.30. The highest BCUT2D eigenvalue weighted by molar-refractivity contribution is 5.64. The predicted octanol–water partition coefficient (Wildman–Crippen LogP) is 4.35. The Kier molecular flexibility index (Phi) is 3.19. The van der Waals surface area contributed by atoms with E-state index in [9.17, 15) is 0 Å². The fourth-order valence-electron chi connectivity index (χ4n) is 3.09. The van der Waals surface area contributed by atoms with Crippen molar-refractivity contribution in [3.8, 4) is 11.3 Å². The maximum absolute atomic E-state index is 5.84. The lowest BCUT2D eigenvalue weighted by Crippen LogP contribution is -2.33. The lowest BCUT2D eigenvalue weighted by molar-refractivity contribution is -0.0592. The molecule has 1 aromatic heterocycles. The molecule has 0 unspecified atom stereocenters. The molecule has 1 aromatic carbocycles. The van der Waals surface area contributed by atoms with Crippen LogP contribution in [0.5, 0.6) is 0 Å². The van der Waals surface area contributed by atoms with Gasteiger partial charge in [0.1, 0.15) is 0 Å². The van der Waals surface area contributed by atoms with E-state index in [4.69, 9.17) is 4.74 Å². The van der Waals surface area contributed by atoms with Crippen molar-refractivity contribution in [1.82, 2.24) is 4.98 Å². The van der Waals surface area contributed by atoms with E-state index >= 15 is 0 Å². The second kappa shape index (κ2) is 4.86. The van der Waals surface area contributed by atoms with Crippen molar-refractivity contribution < 1.29 is 4.74 Å². The summed E-state index contributed by atoms with van der Waals surface area (Å²) in [7, 11) is 0. The summed E-state index contributed by atoms with van der Waals surface area (Å²) in [6.07, 6.45) is 4.19. The minimum Gasteiger partial charge on any atom is -0.376 e. The Balaban J connectivity index is 1.97. The average molecular weight is 255 g/mol. The summed E-state index contributed by atoms with van der Waals surface area (Å²) >= 11 is 0. The van der Waals surface area contributed by atoms with Crippen LogP contribution in [0.2, 0.25) is 0 Å². The average Bonchev–Trinajstić information content (AvgIpc) is 2.91. The third-order valence-corrected chi connectivity index (χ3v) is 3.99. The molecule has 19 heavy (non-hydrogen) atoms. The molecule has 100 valence electrons. The molecular weight excluding hydrogens is 234 g/mol. The molecule has 0 bridgehead atoms. The SMILES string of the molecule is CC1(C)C[C@@H](c2ccccc2-c2ccc[nH]2)CCO1. The van der Waals surface area contributed by atoms with Crippen LogP contribution in [0.25, 0.3) is 11.3 Å². The van der Waals surface area contributed by atoms with Gasteiger partial charge in [0, 0.05) is 24.1 Å². The Morgan fingerprint density at radius 2 is 2.00 bits per heavy atom. The van der Waals surface area contributed by atoms with Gasteiger partial charge in [0.25, 0.3) is 0 Å². The molecule has 2 aromatic rings. The van der Waals surface area contributed by atoms with Crippen molar-refractivity contribution in [2.24, 2.45) is 0 Å². The number of aromatic amines is 1. The van der Waals surface area contributed by atoms with Crippen molar-refractivity contribution in [2.75, 3.05) is 6.61 Å². The number of ether oxygens (including phenoxy) is 1. The first-order chi connectivity index (χ1) is 9.16. The van der Waals surface area contributed by atoms with E-state index < -0.39 is 0 Å². The Morgan fingerprint density at radius 3 is 2.74 bits per heavy atom. The van der Waals surface area contributed by atoms with E-state index in [2.05, 4.69) is 55.2 Å². The first-order valence-electron chi connectivity index (χ1n) is 7.02. The predicted molar refractivity (Wildman–Crippen MR) is 78.2 cm³/mol. The van der Waals surface area contributed by atoms with Crippen molar-refractivity contribution in [3.63, 3.8) is 0 Å². The van der Waals surface area contributed by atoms with Crippen molar-refractivity contribution in [2.45, 2.75) is 38.2 Å². The van der Waals surface area contributed by atoms with Crippen molar-refractivity contribution in [1.29, 1.82) is 0 Å². The molecule has 2 heteroatoms. The topological polar surface area (TPSA) is 25.0 Å². The van der Waals surface area contributed by atoms with Gasteiger partial charge < -0.3 is 9.72 Å². The fourth-order valence-corrected chi connectivity index (χ4v) is 3.09. The van der Waals surface area contributed by atoms with Gasteiger partial charge in [-0.05, 0) is 50.3 Å². The minimum atomic E-state index is -0.00817. The zero-order valence-corrected chi connectivity index (χ0v) is 11.6. The molecule has 1 aliphatic rings. The molecule has 2 nitrogen and oxygen atoms in total. The molecule has 0 radical (unpaired) electrons. The molecule has 2 heterocycles. The van der Waals surface area contributed by atoms with Crippen LogP contribution in [-0.2, 0) is 4.74 Å². The molecular formula is C17H21NO. The third-order valence-electron chi connectivity index (χ3n) is 3.99. The van der Waals surface area contributed by atoms with Gasteiger partial charge in [-0.25, -0.2) is 0 Å². The summed E-state index contributed by atoms with van der Waals surface area (Å²) in [5.41, 5.74) is 3.97. The van der Waals surface area contributed by atoms with Crippen LogP contribution in [0.15, 0.2) is 42.6 Å². The largest absolute Gasteiger partial charge is 0.376 e. The number of hydrogen-bond donors (Lipinski definition) is 1. The monoisotopic (exact) mass is 255 g/mol. The van der Waals surface area contributed by atoms with Crippen molar-refractivity contribution in [3.05, 3.63) is 48.2 Å². The Hall–Kier alpha value is -1.54. The molecule has 0 amide bonds. The normalized spacial score (nSPS) is 22.3. The van der Waals surface area contributed by atoms with Gasteiger partial charge in [-0.2, -0.15) is 0 Å². The maximum Gasteiger partial charge on any atom is 0.0632 e. The molecule has 1 saturated heterocycles. The minimum absolute atomic E-state index is 0.00817. The summed E-state index contributed by atoms with van der Waals surface area (Å²) in [6, 6.07) is 12.9. The van der Waals surface area contributed by atoms with Gasteiger partial charge in [0.05, 0.1) is 5.60 Å². The van der Waals surface area contributed by atoms with Crippen LogP contribution in [0.4, 0.5) is 0 Å². The van der Waals surface area contributed by atoms with Gasteiger partial charge in [0.15, 0.2) is 0 Å². The maximum atomic E-state index is 5.84. The van der Waals surface area contributed by atoms with E-state index in [-0.39, 0.29) is 5.60 Å². The van der Waals surface area contributed by atoms with Crippen LogP contribution in [0.1, 0.15) is 38.2 Å². The standard InChI is InChI=1S/C17H21NO/c1-17(2)12-13(9-11-19-17)14-6-3-4-7-15(14)16-8-5-10-18-16/h3-8,10,13,18H,9,11-12H2,1-2H3/t13-/m0/s1. The molecule has 3 rings (SSSR count). The third kappa shape index (κ3) is 2.59. The zero-order valence-electron chi connectivity index (χ0n) is 11.6. The van der Waals surface area contributed by atoms with E-state index in [1.165, 1.54) is 16.8 Å². The summed E-state index contributed by atoms with van der Waals surface area (Å²) in [5, 5.41) is 0. The van der Waals surface area contributed by atoms with Crippen molar-refractivity contribution >= 4 is 0 Å². The molecule has 0 aliphatic carbocycles. The Labute approximate surface area is 114 Å². The van der Waals surface area contributed by atoms with Gasteiger partial charge in [0.2, 0.25) is 0 Å². The van der Waals surface area contributed by atoms with Crippen LogP contribution in [-0.4, -0.2) is 17.2 Å². The van der Waals surface area contributed by atoms with Crippen LogP contribution >= 0.6 is 0 Å². The van der Waals surface area contributed by atoms with Gasteiger partial charge in [-0.1, -0.05) is 24.3 Å². The molecule has 1 aliphatic heterocycles. The number of H-pyrrole nitrogens is 1. The highest BCUT2D eigenvalue weighted by Crippen LogP contribution is 2.39. The van der Waals surface area contributed by atoms with Crippen LogP contribution < -0.4 is 0 Å². The van der Waals surface area contributed by atoms with E-state index in [0.717, 1.165) is 19.4 Å². The number of aromatic nitrogens is 1. The zero-order chi connectivity index (χ0) is 13.3. The second-order valence-corrected chi connectivity index (χ2v) is 5.97. The summed E-state index contributed by atoms with van der Waals surface area (Å²) in [6.45, 7) is 5.24. The number of hydrogen-bond acceptors (Lipinski definition) is 1. The summed E-state index contributed by atoms with van der Waals surface area (Å²) < 4.78 is 5.84. The summed E-state index contributed by atoms with van der Waals surface area (Å²) in [4.78, 5) is 3.32. The van der Waals surface area contributed by atoms with E-state index in [1.807, 2.05) is 6.20 Å². The smallest absolute Gasteiger partial charge is 0.0632 e. The Morgan fingerprint density at radius 1 is 1.16 bits per heavy atom. The van der Waals surface area contributed by atoms with Crippen LogP contribution in [0, 0.1) is 0 Å². The van der Waals surface area contributed by atoms with E-state index in [0.29, 0.717) is 5.92 Å². The molecule has 0 spiro atoms. The first kappa shape index (κ1) is 12.5. The number of nitrogens with one attached hydrogen (secondary N) is 1. The molecule has 1 fully saturated rings. The quantitative estimate of drug-likeness (QED) is 0.847. The fraction of sp³-hybridized carbons (Fsp3) is 0.412. The number of rotatable bonds is 2. The second-order valence-electron chi connectivity index (χ2n) is 5.97. The lowest BCUT2D eigenvalue weighted by atomic mass is 9.81. The van der Waals surface area contributed by atoms with Gasteiger partial charge in [-0.15, -0.1) is 0 Å². The number of benzene rings is 1. The molecule has 1 N–H and O–H groups in total. The van der Waals surface area contributed by atoms with Gasteiger partial charge >= 0.3 is 0 Å². The highest BCUT2D eigenvalue weighted by atomic mass is 16.5. The van der Waals surface area contributed by atoms with Gasteiger partial charge in [-0.3, -0.25) is 0 Å². The Bertz CT molecular complexity index is 542. The first-order valence-corrected chi connectivity index (χ1v) is 7.02. The van der Waals surface area contributed by atoms with Crippen LogP contribution in [0.3, 0.4) is 0 Å². The molecule has 0 saturated carbocycles. The molecule has 1 atom stereocenters. The van der Waals surface area contributed by atoms with E-state index in [1.54, 1.807) is 0 Å². The lowest BCUT2D eigenvalue weighted by Gasteiger charge is -2.36.